The first kappa shape index (κ1) is 14.7. The molecule has 0 spiro atoms. The van der Waals surface area contributed by atoms with E-state index in [1.54, 1.807) is 0 Å². The molecular weight excluding hydrogens is 260 g/mol. The van der Waals surface area contributed by atoms with Crippen molar-refractivity contribution in [3.8, 4) is 0 Å². The number of carbonyl (C=O) groups is 1. The van der Waals surface area contributed by atoms with Gasteiger partial charge in [0, 0.05) is 51.3 Å². The van der Waals surface area contributed by atoms with Crippen molar-refractivity contribution >= 4 is 5.78 Å². The van der Waals surface area contributed by atoms with Gasteiger partial charge in [0.1, 0.15) is 0 Å². The van der Waals surface area contributed by atoms with Gasteiger partial charge in [0.2, 0.25) is 0 Å². The van der Waals surface area contributed by atoms with Crippen LogP contribution in [0.3, 0.4) is 0 Å². The maximum atomic E-state index is 12.2. The number of benzene rings is 1. The number of carbonyl (C=O) groups excluding carboxylic acids is 1. The van der Waals surface area contributed by atoms with Gasteiger partial charge in [-0.3, -0.25) is 4.79 Å². The summed E-state index contributed by atoms with van der Waals surface area (Å²) >= 11 is 0. The highest BCUT2D eigenvalue weighted by Gasteiger charge is 2.26. The zero-order chi connectivity index (χ0) is 14.7. The summed E-state index contributed by atoms with van der Waals surface area (Å²) in [5, 5.41) is 0. The summed E-state index contributed by atoms with van der Waals surface area (Å²) in [5.41, 5.74) is 2.06. The van der Waals surface area contributed by atoms with Crippen molar-refractivity contribution < 1.29 is 4.79 Å². The number of hydrogen-bond donors (Lipinski definition) is 0. The third-order valence-corrected chi connectivity index (χ3v) is 4.71. The van der Waals surface area contributed by atoms with Crippen LogP contribution in [0.15, 0.2) is 24.3 Å². The van der Waals surface area contributed by atoms with Gasteiger partial charge in [0.05, 0.1) is 0 Å². The highest BCUT2D eigenvalue weighted by atomic mass is 16.1. The van der Waals surface area contributed by atoms with Crippen molar-refractivity contribution in [2.75, 3.05) is 39.3 Å². The molecule has 0 unspecified atom stereocenters. The lowest BCUT2D eigenvalue weighted by molar-refractivity contribution is 0.0924. The predicted octanol–water partition coefficient (Wildman–Crippen LogP) is 2.60. The van der Waals surface area contributed by atoms with E-state index in [2.05, 4.69) is 16.7 Å². The molecule has 1 aromatic carbocycles. The van der Waals surface area contributed by atoms with Crippen molar-refractivity contribution in [3.63, 3.8) is 0 Å². The lowest BCUT2D eigenvalue weighted by Gasteiger charge is -2.34. The summed E-state index contributed by atoms with van der Waals surface area (Å²) in [5.74, 6) is 1.26. The Kier molecular flexibility index (Phi) is 4.71. The van der Waals surface area contributed by atoms with Crippen LogP contribution in [0.5, 0.6) is 0 Å². The van der Waals surface area contributed by atoms with Crippen molar-refractivity contribution in [1.82, 2.24) is 9.80 Å². The Morgan fingerprint density at radius 2 is 1.67 bits per heavy atom. The van der Waals surface area contributed by atoms with Crippen LogP contribution in [0.4, 0.5) is 0 Å². The SMILES string of the molecule is Cc1ccc(C(=O)CCN2CCN(CC3CC3)CC2)cc1. The summed E-state index contributed by atoms with van der Waals surface area (Å²) in [6.07, 6.45) is 3.52. The van der Waals surface area contributed by atoms with Crippen molar-refractivity contribution in [2.24, 2.45) is 5.92 Å². The summed E-state index contributed by atoms with van der Waals surface area (Å²) in [6.45, 7) is 8.85. The molecule has 1 aromatic rings. The van der Waals surface area contributed by atoms with E-state index in [9.17, 15) is 4.79 Å². The first-order chi connectivity index (χ1) is 10.2. The normalized spacial score (nSPS) is 20.6. The largest absolute Gasteiger partial charge is 0.301 e. The third kappa shape index (κ3) is 4.39. The Bertz CT molecular complexity index is 470. The molecule has 2 fully saturated rings. The van der Waals surface area contributed by atoms with E-state index in [1.807, 2.05) is 24.3 Å². The topological polar surface area (TPSA) is 23.6 Å². The molecule has 3 heteroatoms. The van der Waals surface area contributed by atoms with Gasteiger partial charge in [0.15, 0.2) is 5.78 Å². The van der Waals surface area contributed by atoms with Crippen LogP contribution in [-0.4, -0.2) is 54.9 Å². The zero-order valence-corrected chi connectivity index (χ0v) is 13.1. The summed E-state index contributed by atoms with van der Waals surface area (Å²) in [6, 6.07) is 7.93. The van der Waals surface area contributed by atoms with Crippen molar-refractivity contribution in [1.29, 1.82) is 0 Å². The average Bonchev–Trinajstić information content (AvgIpc) is 3.31. The number of hydrogen-bond acceptors (Lipinski definition) is 3. The van der Waals surface area contributed by atoms with Gasteiger partial charge >= 0.3 is 0 Å². The molecule has 0 aromatic heterocycles. The quantitative estimate of drug-likeness (QED) is 0.751. The van der Waals surface area contributed by atoms with Gasteiger partial charge in [-0.1, -0.05) is 29.8 Å². The van der Waals surface area contributed by atoms with Crippen LogP contribution in [0.1, 0.15) is 35.2 Å². The van der Waals surface area contributed by atoms with Gasteiger partial charge in [-0.05, 0) is 25.7 Å². The minimum atomic E-state index is 0.274. The molecule has 3 rings (SSSR count). The van der Waals surface area contributed by atoms with Crippen molar-refractivity contribution in [2.45, 2.75) is 26.2 Å². The molecule has 2 aliphatic rings. The second kappa shape index (κ2) is 6.71. The highest BCUT2D eigenvalue weighted by molar-refractivity contribution is 5.96. The lowest BCUT2D eigenvalue weighted by atomic mass is 10.1. The Morgan fingerprint density at radius 1 is 1.05 bits per heavy atom. The van der Waals surface area contributed by atoms with Crippen LogP contribution >= 0.6 is 0 Å². The molecule has 0 N–H and O–H groups in total. The van der Waals surface area contributed by atoms with Gasteiger partial charge in [-0.15, -0.1) is 0 Å². The van der Waals surface area contributed by atoms with E-state index in [0.717, 1.165) is 31.1 Å². The molecule has 114 valence electrons. The molecule has 0 radical (unpaired) electrons. The van der Waals surface area contributed by atoms with E-state index in [-0.39, 0.29) is 5.78 Å². The fourth-order valence-electron chi connectivity index (χ4n) is 3.00. The van der Waals surface area contributed by atoms with E-state index >= 15 is 0 Å². The van der Waals surface area contributed by atoms with Gasteiger partial charge < -0.3 is 9.80 Å². The molecule has 21 heavy (non-hydrogen) atoms. The van der Waals surface area contributed by atoms with Gasteiger partial charge in [-0.2, -0.15) is 0 Å². The first-order valence-electron chi connectivity index (χ1n) is 8.25. The monoisotopic (exact) mass is 286 g/mol. The maximum absolute atomic E-state index is 12.2. The minimum absolute atomic E-state index is 0.274. The Morgan fingerprint density at radius 3 is 2.29 bits per heavy atom. The molecule has 3 nitrogen and oxygen atoms in total. The molecule has 0 amide bonds. The number of aryl methyl sites for hydroxylation is 1. The fourth-order valence-corrected chi connectivity index (χ4v) is 3.00. The van der Waals surface area contributed by atoms with Crippen LogP contribution in [0.25, 0.3) is 0 Å². The summed E-state index contributed by atoms with van der Waals surface area (Å²) in [7, 11) is 0. The number of rotatable bonds is 6. The van der Waals surface area contributed by atoms with Crippen molar-refractivity contribution in [3.05, 3.63) is 35.4 Å². The molecule has 1 heterocycles. The van der Waals surface area contributed by atoms with Crippen LogP contribution in [0.2, 0.25) is 0 Å². The zero-order valence-electron chi connectivity index (χ0n) is 13.1. The molecule has 1 saturated heterocycles. The van der Waals surface area contributed by atoms with E-state index in [0.29, 0.717) is 6.42 Å². The summed E-state index contributed by atoms with van der Waals surface area (Å²) < 4.78 is 0. The van der Waals surface area contributed by atoms with E-state index in [4.69, 9.17) is 0 Å². The average molecular weight is 286 g/mol. The predicted molar refractivity (Wildman–Crippen MR) is 85.7 cm³/mol. The van der Waals surface area contributed by atoms with Crippen LogP contribution in [0, 0.1) is 12.8 Å². The molecule has 1 saturated carbocycles. The molecule has 0 bridgehead atoms. The highest BCUT2D eigenvalue weighted by Crippen LogP contribution is 2.29. The maximum Gasteiger partial charge on any atom is 0.164 e. The number of piperazine rings is 1. The van der Waals surface area contributed by atoms with Gasteiger partial charge in [-0.25, -0.2) is 0 Å². The molecule has 1 aliphatic heterocycles. The first-order valence-corrected chi connectivity index (χ1v) is 8.25. The number of ketones is 1. The van der Waals surface area contributed by atoms with E-state index in [1.165, 1.54) is 38.0 Å². The second-order valence-electron chi connectivity index (χ2n) is 6.62. The van der Waals surface area contributed by atoms with Crippen LogP contribution < -0.4 is 0 Å². The smallest absolute Gasteiger partial charge is 0.164 e. The molecule has 1 aliphatic carbocycles. The standard InChI is InChI=1S/C18H26N2O/c1-15-2-6-17(7-3-15)18(21)8-9-19-10-12-20(13-11-19)14-16-4-5-16/h2-3,6-7,16H,4-5,8-14H2,1H3. The van der Waals surface area contributed by atoms with E-state index < -0.39 is 0 Å². The Hall–Kier alpha value is -1.19. The number of Topliss-reactive ketones (excluding diaryl/α,β-unsaturated/α-hetero) is 1. The number of nitrogens with zero attached hydrogens (tertiary/aromatic N) is 2. The molecule has 0 atom stereocenters. The fraction of sp³-hybridized carbons (Fsp3) is 0.611. The van der Waals surface area contributed by atoms with Gasteiger partial charge in [0.25, 0.3) is 0 Å². The molecular formula is C18H26N2O. The van der Waals surface area contributed by atoms with Crippen LogP contribution in [-0.2, 0) is 0 Å². The lowest BCUT2D eigenvalue weighted by Crippen LogP contribution is -2.47. The second-order valence-corrected chi connectivity index (χ2v) is 6.62. The minimum Gasteiger partial charge on any atom is -0.301 e. The Labute approximate surface area is 127 Å². The summed E-state index contributed by atoms with van der Waals surface area (Å²) in [4.78, 5) is 17.2. The Balaban J connectivity index is 1.39. The third-order valence-electron chi connectivity index (χ3n) is 4.71.